The third-order valence-electron chi connectivity index (χ3n) is 6.72. The summed E-state index contributed by atoms with van der Waals surface area (Å²) in [7, 11) is 1.57. The molecule has 3 aliphatic rings. The summed E-state index contributed by atoms with van der Waals surface area (Å²) < 4.78 is 7.00. The average Bonchev–Trinajstić information content (AvgIpc) is 2.79. The number of piperidine rings is 2. The van der Waals surface area contributed by atoms with Gasteiger partial charge in [-0.1, -0.05) is 6.07 Å². The van der Waals surface area contributed by atoms with Gasteiger partial charge in [-0.2, -0.15) is 0 Å². The van der Waals surface area contributed by atoms with Gasteiger partial charge in [0, 0.05) is 56.5 Å². The molecule has 0 spiro atoms. The summed E-state index contributed by atoms with van der Waals surface area (Å²) >= 11 is 0. The predicted molar refractivity (Wildman–Crippen MR) is 112 cm³/mol. The quantitative estimate of drug-likeness (QED) is 0.765. The van der Waals surface area contributed by atoms with Gasteiger partial charge in [-0.25, -0.2) is 0 Å². The van der Waals surface area contributed by atoms with Crippen molar-refractivity contribution in [2.45, 2.75) is 31.7 Å². The van der Waals surface area contributed by atoms with Crippen LogP contribution in [0.4, 0.5) is 5.82 Å². The average molecular weight is 409 g/mol. The van der Waals surface area contributed by atoms with Gasteiger partial charge in [0.2, 0.25) is 11.8 Å². The van der Waals surface area contributed by atoms with E-state index in [4.69, 9.17) is 4.74 Å². The van der Waals surface area contributed by atoms with Crippen LogP contribution in [0.15, 0.2) is 35.1 Å². The number of amides is 1. The molecule has 0 saturated carbocycles. The summed E-state index contributed by atoms with van der Waals surface area (Å²) in [6.07, 6.45) is 2.93. The SMILES string of the molecule is COc1ccc(N2CCCC(C(=O)N3C[C@H]4C[C@@H](C3)c3cccc(=O)n3C4)C2)nn1. The van der Waals surface area contributed by atoms with Crippen LogP contribution in [0.1, 0.15) is 30.9 Å². The minimum atomic E-state index is -0.0283. The van der Waals surface area contributed by atoms with E-state index in [1.54, 1.807) is 19.2 Å². The Balaban J connectivity index is 1.29. The minimum Gasteiger partial charge on any atom is -0.480 e. The summed E-state index contributed by atoms with van der Waals surface area (Å²) in [5.74, 6) is 2.09. The Hall–Kier alpha value is -2.90. The van der Waals surface area contributed by atoms with Crippen LogP contribution in [-0.4, -0.2) is 58.9 Å². The monoisotopic (exact) mass is 409 g/mol. The highest BCUT2D eigenvalue weighted by Crippen LogP contribution is 2.36. The minimum absolute atomic E-state index is 0.0283. The van der Waals surface area contributed by atoms with Gasteiger partial charge in [-0.15, -0.1) is 10.2 Å². The maximum absolute atomic E-state index is 13.4. The van der Waals surface area contributed by atoms with Crippen molar-refractivity contribution in [2.75, 3.05) is 38.2 Å². The molecule has 8 nitrogen and oxygen atoms in total. The van der Waals surface area contributed by atoms with Crippen molar-refractivity contribution in [3.05, 3.63) is 46.4 Å². The zero-order valence-electron chi connectivity index (χ0n) is 17.2. The Kier molecular flexibility index (Phi) is 4.92. The Morgan fingerprint density at radius 1 is 1.10 bits per heavy atom. The van der Waals surface area contributed by atoms with Crippen LogP contribution in [0, 0.1) is 11.8 Å². The number of rotatable bonds is 3. The lowest BCUT2D eigenvalue weighted by Gasteiger charge is -2.44. The topological polar surface area (TPSA) is 80.6 Å². The molecule has 8 heteroatoms. The molecular formula is C22H27N5O3. The molecule has 3 aliphatic heterocycles. The Morgan fingerprint density at radius 2 is 2.00 bits per heavy atom. The number of carbonyl (C=O) groups excluding carboxylic acids is 1. The van der Waals surface area contributed by atoms with Gasteiger partial charge < -0.3 is 19.1 Å². The molecule has 0 aliphatic carbocycles. The molecule has 3 atom stereocenters. The van der Waals surface area contributed by atoms with E-state index in [1.165, 1.54) is 0 Å². The zero-order chi connectivity index (χ0) is 20.7. The predicted octanol–water partition coefficient (Wildman–Crippen LogP) is 1.51. The van der Waals surface area contributed by atoms with E-state index in [0.29, 0.717) is 31.4 Å². The van der Waals surface area contributed by atoms with Crippen LogP contribution in [0.25, 0.3) is 0 Å². The molecule has 2 aromatic heterocycles. The van der Waals surface area contributed by atoms with Crippen molar-refractivity contribution in [1.29, 1.82) is 0 Å². The van der Waals surface area contributed by atoms with Crippen molar-refractivity contribution in [1.82, 2.24) is 19.7 Å². The van der Waals surface area contributed by atoms with Crippen molar-refractivity contribution < 1.29 is 9.53 Å². The highest BCUT2D eigenvalue weighted by atomic mass is 16.5. The number of anilines is 1. The van der Waals surface area contributed by atoms with E-state index in [9.17, 15) is 9.59 Å². The van der Waals surface area contributed by atoms with Gasteiger partial charge in [0.25, 0.3) is 5.56 Å². The second kappa shape index (κ2) is 7.74. The van der Waals surface area contributed by atoms with Crippen LogP contribution < -0.4 is 15.2 Å². The molecule has 0 N–H and O–H groups in total. The fraction of sp³-hybridized carbons (Fsp3) is 0.545. The van der Waals surface area contributed by atoms with Crippen LogP contribution in [0.5, 0.6) is 5.88 Å². The van der Waals surface area contributed by atoms with Crippen molar-refractivity contribution in [2.24, 2.45) is 11.8 Å². The molecule has 158 valence electrons. The summed E-state index contributed by atoms with van der Waals surface area (Å²) in [6, 6.07) is 9.22. The molecular weight excluding hydrogens is 382 g/mol. The molecule has 2 bridgehead atoms. The maximum atomic E-state index is 13.4. The first-order valence-corrected chi connectivity index (χ1v) is 10.7. The number of nitrogens with zero attached hydrogens (tertiary/aromatic N) is 5. The number of pyridine rings is 1. The van der Waals surface area contributed by atoms with Crippen LogP contribution >= 0.6 is 0 Å². The largest absolute Gasteiger partial charge is 0.480 e. The zero-order valence-corrected chi connectivity index (χ0v) is 17.2. The molecule has 5 rings (SSSR count). The van der Waals surface area contributed by atoms with E-state index in [1.807, 2.05) is 27.7 Å². The number of carbonyl (C=O) groups is 1. The van der Waals surface area contributed by atoms with Gasteiger partial charge in [0.05, 0.1) is 13.0 Å². The molecule has 1 amide bonds. The normalized spacial score (nSPS) is 25.6. The summed E-state index contributed by atoms with van der Waals surface area (Å²) in [5, 5.41) is 8.31. The van der Waals surface area contributed by atoms with Crippen molar-refractivity contribution >= 4 is 11.7 Å². The molecule has 2 fully saturated rings. The van der Waals surface area contributed by atoms with Crippen molar-refractivity contribution in [3.8, 4) is 5.88 Å². The molecule has 5 heterocycles. The maximum Gasteiger partial charge on any atom is 0.250 e. The first kappa shape index (κ1) is 19.1. The van der Waals surface area contributed by atoms with Gasteiger partial charge in [0.15, 0.2) is 5.82 Å². The van der Waals surface area contributed by atoms with Crippen LogP contribution in [0.2, 0.25) is 0 Å². The number of aromatic nitrogens is 3. The Labute approximate surface area is 175 Å². The number of hydrogen-bond acceptors (Lipinski definition) is 6. The highest BCUT2D eigenvalue weighted by molar-refractivity contribution is 5.80. The van der Waals surface area contributed by atoms with E-state index >= 15 is 0 Å². The number of likely N-dealkylation sites (tertiary alicyclic amines) is 1. The molecule has 0 aromatic carbocycles. The second-order valence-electron chi connectivity index (χ2n) is 8.66. The smallest absolute Gasteiger partial charge is 0.250 e. The lowest BCUT2D eigenvalue weighted by molar-refractivity contribution is -0.138. The fourth-order valence-corrected chi connectivity index (χ4v) is 5.31. The molecule has 1 unspecified atom stereocenters. The molecule has 30 heavy (non-hydrogen) atoms. The number of ether oxygens (including phenoxy) is 1. The van der Waals surface area contributed by atoms with Gasteiger partial charge in [-0.3, -0.25) is 9.59 Å². The summed E-state index contributed by atoms with van der Waals surface area (Å²) in [4.78, 5) is 29.8. The lowest BCUT2D eigenvalue weighted by atomic mass is 9.82. The lowest BCUT2D eigenvalue weighted by Crippen LogP contribution is -2.52. The first-order chi connectivity index (χ1) is 14.6. The highest BCUT2D eigenvalue weighted by Gasteiger charge is 2.39. The molecule has 2 saturated heterocycles. The Morgan fingerprint density at radius 3 is 2.80 bits per heavy atom. The summed E-state index contributed by atoms with van der Waals surface area (Å²) in [6.45, 7) is 3.72. The summed E-state index contributed by atoms with van der Waals surface area (Å²) in [5.41, 5.74) is 1.15. The van der Waals surface area contributed by atoms with E-state index in [2.05, 4.69) is 15.1 Å². The fourth-order valence-electron chi connectivity index (χ4n) is 5.31. The van der Waals surface area contributed by atoms with E-state index in [-0.39, 0.29) is 23.3 Å². The number of fused-ring (bicyclic) bond motifs is 4. The third-order valence-corrected chi connectivity index (χ3v) is 6.72. The van der Waals surface area contributed by atoms with Crippen LogP contribution in [0.3, 0.4) is 0 Å². The van der Waals surface area contributed by atoms with Gasteiger partial charge in [-0.05, 0) is 37.3 Å². The van der Waals surface area contributed by atoms with E-state index < -0.39 is 0 Å². The van der Waals surface area contributed by atoms with Crippen molar-refractivity contribution in [3.63, 3.8) is 0 Å². The molecule has 0 radical (unpaired) electrons. The third kappa shape index (κ3) is 3.44. The Bertz CT molecular complexity index is 989. The molecule has 2 aromatic rings. The first-order valence-electron chi connectivity index (χ1n) is 10.7. The number of hydrogen-bond donors (Lipinski definition) is 0. The van der Waals surface area contributed by atoms with E-state index in [0.717, 1.165) is 43.9 Å². The van der Waals surface area contributed by atoms with Gasteiger partial charge >= 0.3 is 0 Å². The van der Waals surface area contributed by atoms with Crippen LogP contribution in [-0.2, 0) is 11.3 Å². The van der Waals surface area contributed by atoms with Gasteiger partial charge in [0.1, 0.15) is 0 Å². The number of methoxy groups -OCH3 is 1. The second-order valence-corrected chi connectivity index (χ2v) is 8.66. The standard InChI is InChI=1S/C22H27N5O3/c1-30-20-8-7-19(23-24-20)25-9-3-4-16(13-25)22(29)26-11-15-10-17(14-26)18-5-2-6-21(28)27(18)12-15/h2,5-8,15-17H,3-4,9-14H2,1H3/t15-,16?,17+/m1/s1.